The van der Waals surface area contributed by atoms with Crippen LogP contribution in [-0.4, -0.2) is 82.3 Å². The molecular formula is C32H38AcClN5O6. The molecule has 45 heavy (non-hydrogen) atoms. The quantitative estimate of drug-likeness (QED) is 0.323. The van der Waals surface area contributed by atoms with E-state index >= 15 is 0 Å². The fourth-order valence-electron chi connectivity index (χ4n) is 7.72. The van der Waals surface area contributed by atoms with Crippen LogP contribution < -0.4 is 20.1 Å². The standard InChI is InChI=1S/C32H38ClN5O6.Ac/c1-14-8-18-9-20-22(11-34)38-21(27(37(20)5)25(18)29(41)15(14)2)10-19-26(31-30(43-13-44-31)16(3)28(19)40)23(38)12-35-32(42)17(4)36-24(39)6-7-33;/h8,17,20-23,27,40-41H,6-7,9-10,12-13H2,1-5H3,(H,35,42)(H,36,39);/t17-,20-,21?,22-,23-,27-;/m0./s1. The number of aryl methyl sites for hydroxylation is 1. The van der Waals surface area contributed by atoms with E-state index in [9.17, 15) is 25.1 Å². The molecule has 1 fully saturated rings. The largest absolute Gasteiger partial charge is 0.507 e. The van der Waals surface area contributed by atoms with Gasteiger partial charge in [0.25, 0.3) is 0 Å². The molecule has 4 N–H and O–H groups in total. The number of nitriles is 1. The summed E-state index contributed by atoms with van der Waals surface area (Å²) in [6.45, 7) is 7.36. The molecule has 2 amide bonds. The van der Waals surface area contributed by atoms with E-state index in [-0.39, 0.29) is 105 Å². The van der Waals surface area contributed by atoms with Crippen molar-refractivity contribution in [3.63, 3.8) is 0 Å². The molecule has 4 aliphatic rings. The van der Waals surface area contributed by atoms with Crippen LogP contribution in [0, 0.1) is 76.2 Å². The minimum atomic E-state index is -0.810. The number of rotatable bonds is 6. The Morgan fingerprint density at radius 3 is 2.51 bits per heavy atom. The van der Waals surface area contributed by atoms with Crippen molar-refractivity contribution >= 4 is 23.4 Å². The fraction of sp³-hybridized carbons (Fsp3) is 0.531. The van der Waals surface area contributed by atoms with Crippen LogP contribution in [0.3, 0.4) is 0 Å². The van der Waals surface area contributed by atoms with Crippen molar-refractivity contribution in [2.45, 2.75) is 83.2 Å². The van der Waals surface area contributed by atoms with Gasteiger partial charge in [-0.1, -0.05) is 6.07 Å². The minimum absolute atomic E-state index is 0. The summed E-state index contributed by atoms with van der Waals surface area (Å²) in [5, 5.41) is 39.4. The van der Waals surface area contributed by atoms with E-state index in [1.54, 1.807) is 13.8 Å². The van der Waals surface area contributed by atoms with E-state index < -0.39 is 24.0 Å². The van der Waals surface area contributed by atoms with Crippen LogP contribution in [0.5, 0.6) is 23.0 Å². The third kappa shape index (κ3) is 5.47. The summed E-state index contributed by atoms with van der Waals surface area (Å²) < 4.78 is 11.8. The number of hydrogen-bond donors (Lipinski definition) is 4. The first kappa shape index (κ1) is 34.1. The number of carbonyl (C=O) groups is 2. The summed E-state index contributed by atoms with van der Waals surface area (Å²) in [5.41, 5.74) is 5.62. The number of aromatic hydroxyl groups is 2. The molecule has 1 radical (unpaired) electrons. The fourth-order valence-corrected chi connectivity index (χ4v) is 7.89. The van der Waals surface area contributed by atoms with Crippen molar-refractivity contribution in [3.8, 4) is 29.1 Å². The number of phenolic OH excluding ortho intramolecular Hbond substituents is 2. The molecule has 237 valence electrons. The van der Waals surface area contributed by atoms with Gasteiger partial charge in [-0.05, 0) is 64.3 Å². The molecule has 0 spiro atoms. The van der Waals surface area contributed by atoms with E-state index in [1.807, 2.05) is 20.9 Å². The molecule has 13 heteroatoms. The van der Waals surface area contributed by atoms with E-state index in [0.717, 1.165) is 22.3 Å². The Balaban J connectivity index is 0.00000400. The average molecular weight is 851 g/mol. The Hall–Kier alpha value is -2.28. The molecule has 11 nitrogen and oxygen atoms in total. The molecule has 6 rings (SSSR count). The summed E-state index contributed by atoms with van der Waals surface area (Å²) in [6, 6.07) is 1.94. The van der Waals surface area contributed by atoms with E-state index in [2.05, 4.69) is 32.6 Å². The first-order valence-electron chi connectivity index (χ1n) is 15.0. The second-order valence-corrected chi connectivity index (χ2v) is 12.7. The Morgan fingerprint density at radius 2 is 1.82 bits per heavy atom. The third-order valence-electron chi connectivity index (χ3n) is 10.0. The van der Waals surface area contributed by atoms with Crippen molar-refractivity contribution in [2.75, 3.05) is 26.3 Å². The second kappa shape index (κ2) is 13.1. The molecule has 2 aromatic rings. The van der Waals surface area contributed by atoms with Crippen LogP contribution in [0.2, 0.25) is 0 Å². The first-order valence-corrected chi connectivity index (χ1v) is 15.5. The zero-order valence-corrected chi connectivity index (χ0v) is 31.6. The normalized spacial score (nSPS) is 25.1. The number of benzene rings is 2. The van der Waals surface area contributed by atoms with Gasteiger partial charge in [-0.25, -0.2) is 0 Å². The molecule has 0 saturated carbocycles. The number of ether oxygens (including phenoxy) is 2. The van der Waals surface area contributed by atoms with Crippen molar-refractivity contribution in [1.82, 2.24) is 20.4 Å². The Morgan fingerprint density at radius 1 is 1.11 bits per heavy atom. The molecule has 2 bridgehead atoms. The maximum absolute atomic E-state index is 13.2. The molecular weight excluding hydrogens is 813 g/mol. The predicted octanol–water partition coefficient (Wildman–Crippen LogP) is 2.77. The van der Waals surface area contributed by atoms with Gasteiger partial charge in [0.1, 0.15) is 23.6 Å². The van der Waals surface area contributed by atoms with Crippen LogP contribution in [0.15, 0.2) is 6.07 Å². The van der Waals surface area contributed by atoms with Crippen LogP contribution >= 0.6 is 11.6 Å². The summed E-state index contributed by atoms with van der Waals surface area (Å²) in [6.07, 6.45) is 1.06. The van der Waals surface area contributed by atoms with Gasteiger partial charge in [0, 0.05) is 97.2 Å². The van der Waals surface area contributed by atoms with E-state index in [4.69, 9.17) is 21.1 Å². The summed E-state index contributed by atoms with van der Waals surface area (Å²) in [7, 11) is 2.00. The van der Waals surface area contributed by atoms with E-state index in [0.29, 0.717) is 41.0 Å². The monoisotopic (exact) mass is 850 g/mol. The Bertz CT molecular complexity index is 1600. The summed E-state index contributed by atoms with van der Waals surface area (Å²) in [5.74, 6) is 0.750. The topological polar surface area (TPSA) is 147 Å². The molecule has 0 aromatic heterocycles. The molecule has 4 heterocycles. The minimum Gasteiger partial charge on any atom is -0.507 e. The van der Waals surface area contributed by atoms with Crippen LogP contribution in [0.4, 0.5) is 0 Å². The molecule has 1 unspecified atom stereocenters. The smallest absolute Gasteiger partial charge is 0.242 e. The van der Waals surface area contributed by atoms with Crippen LogP contribution in [-0.2, 0) is 22.4 Å². The number of hydrogen-bond acceptors (Lipinski definition) is 9. The number of nitrogens with zero attached hydrogens (tertiary/aromatic N) is 3. The zero-order valence-electron chi connectivity index (χ0n) is 26.1. The molecule has 1 saturated heterocycles. The molecule has 0 aliphatic carbocycles. The molecule has 4 aliphatic heterocycles. The zero-order chi connectivity index (χ0) is 31.6. The number of alkyl halides is 1. The number of fused-ring (bicyclic) bond motifs is 9. The van der Waals surface area contributed by atoms with Crippen molar-refractivity contribution in [1.29, 1.82) is 5.26 Å². The van der Waals surface area contributed by atoms with Gasteiger partial charge in [0.05, 0.1) is 18.2 Å². The average Bonchev–Trinajstić information content (AvgIpc) is 3.48. The van der Waals surface area contributed by atoms with Crippen LogP contribution in [0.25, 0.3) is 0 Å². The predicted molar refractivity (Wildman–Crippen MR) is 162 cm³/mol. The van der Waals surface area contributed by atoms with Crippen LogP contribution in [0.1, 0.15) is 64.4 Å². The Labute approximate surface area is 303 Å². The number of piperazine rings is 1. The van der Waals surface area contributed by atoms with Crippen molar-refractivity contribution in [3.05, 3.63) is 45.0 Å². The van der Waals surface area contributed by atoms with Crippen molar-refractivity contribution in [2.24, 2.45) is 0 Å². The summed E-state index contributed by atoms with van der Waals surface area (Å²) in [4.78, 5) is 29.7. The van der Waals surface area contributed by atoms with Gasteiger partial charge >= 0.3 is 0 Å². The first-order chi connectivity index (χ1) is 21.0. The van der Waals surface area contributed by atoms with Gasteiger partial charge < -0.3 is 30.3 Å². The maximum Gasteiger partial charge on any atom is 0.242 e. The SMILES string of the molecule is Cc1cc2c(c(O)c1C)[C@@H]1C3Cc4c(O)c(C)c5c(c4[C@H](CNC(=O)[C@H](C)NC(=O)CCCl)N3[C@@H](C#N)[C@H](C2)N1C)OCO5.[Ac]. The van der Waals surface area contributed by atoms with Gasteiger partial charge in [-0.15, -0.1) is 11.6 Å². The van der Waals surface area contributed by atoms with Gasteiger partial charge in [-0.2, -0.15) is 5.26 Å². The molecule has 2 aromatic carbocycles. The van der Waals surface area contributed by atoms with Crippen molar-refractivity contribution < 1.29 is 73.3 Å². The second-order valence-electron chi connectivity index (χ2n) is 12.3. The molecule has 6 atom stereocenters. The number of nitrogens with one attached hydrogen (secondary N) is 2. The number of phenols is 2. The van der Waals surface area contributed by atoms with E-state index in [1.165, 1.54) is 0 Å². The number of likely N-dealkylation sites (N-methyl/N-ethyl adjacent to an activating group) is 1. The summed E-state index contributed by atoms with van der Waals surface area (Å²) >= 11 is 5.69. The van der Waals surface area contributed by atoms with Gasteiger partial charge in [0.15, 0.2) is 11.5 Å². The van der Waals surface area contributed by atoms with Gasteiger partial charge in [0.2, 0.25) is 18.6 Å². The maximum atomic E-state index is 13.2. The number of amides is 2. The Kier molecular flexibility index (Phi) is 9.90. The number of carbonyl (C=O) groups excluding carboxylic acids is 2. The number of halogens is 1. The van der Waals surface area contributed by atoms with Gasteiger partial charge in [-0.3, -0.25) is 19.4 Å². The third-order valence-corrected chi connectivity index (χ3v) is 10.2.